The lowest BCUT2D eigenvalue weighted by Gasteiger charge is -2.25. The van der Waals surface area contributed by atoms with E-state index in [4.69, 9.17) is 0 Å². The maximum atomic E-state index is 12.9. The summed E-state index contributed by atoms with van der Waals surface area (Å²) in [4.78, 5) is 27.4. The number of para-hydroxylation sites is 1. The number of likely N-dealkylation sites (N-methyl/N-ethyl adjacent to an activating group) is 1. The molecule has 2 aliphatic rings. The molecule has 0 bridgehead atoms. The molecule has 3 heteroatoms. The van der Waals surface area contributed by atoms with E-state index < -0.39 is 0 Å². The standard InChI is InChI=1S/C22H19NO2/c1-22(2)17-10-6-7-11-18(17)23(3)20(22)13-14-12-19(24)15-8-4-5-9-16(15)21(14)25/h4-13H,1-3H3/b20-13-. The Labute approximate surface area is 147 Å². The van der Waals surface area contributed by atoms with Crippen LogP contribution in [0.25, 0.3) is 0 Å². The first-order valence-corrected chi connectivity index (χ1v) is 8.36. The van der Waals surface area contributed by atoms with Crippen molar-refractivity contribution in [3.8, 4) is 0 Å². The van der Waals surface area contributed by atoms with E-state index in [1.165, 1.54) is 11.6 Å². The Balaban J connectivity index is 1.83. The van der Waals surface area contributed by atoms with Gasteiger partial charge in [-0.05, 0) is 23.8 Å². The van der Waals surface area contributed by atoms with Crippen LogP contribution >= 0.6 is 0 Å². The maximum absolute atomic E-state index is 12.9. The second-order valence-electron chi connectivity index (χ2n) is 7.07. The molecular formula is C22H19NO2. The molecule has 0 aromatic heterocycles. The van der Waals surface area contributed by atoms with E-state index in [1.807, 2.05) is 25.3 Å². The number of ketones is 2. The third-order valence-electron chi connectivity index (χ3n) is 5.22. The molecule has 0 saturated carbocycles. The number of fused-ring (bicyclic) bond motifs is 2. The summed E-state index contributed by atoms with van der Waals surface area (Å²) in [5, 5.41) is 0. The molecule has 2 aromatic rings. The molecule has 4 rings (SSSR count). The van der Waals surface area contributed by atoms with Crippen molar-refractivity contribution in [2.45, 2.75) is 19.3 Å². The zero-order chi connectivity index (χ0) is 17.8. The van der Waals surface area contributed by atoms with Crippen molar-refractivity contribution >= 4 is 17.3 Å². The van der Waals surface area contributed by atoms with Gasteiger partial charge in [0.25, 0.3) is 0 Å². The molecule has 1 aliphatic carbocycles. The summed E-state index contributed by atoms with van der Waals surface area (Å²) in [5.74, 6) is -0.208. The van der Waals surface area contributed by atoms with Crippen LogP contribution in [-0.2, 0) is 5.41 Å². The van der Waals surface area contributed by atoms with Gasteiger partial charge in [0, 0.05) is 40.5 Å². The van der Waals surface area contributed by atoms with Crippen LogP contribution in [0.1, 0.15) is 40.1 Å². The van der Waals surface area contributed by atoms with Crippen LogP contribution in [-0.4, -0.2) is 18.6 Å². The number of hydrogen-bond acceptors (Lipinski definition) is 3. The van der Waals surface area contributed by atoms with E-state index in [-0.39, 0.29) is 17.0 Å². The summed E-state index contributed by atoms with van der Waals surface area (Å²) in [5.41, 5.74) is 4.56. The molecule has 0 radical (unpaired) electrons. The quantitative estimate of drug-likeness (QED) is 0.782. The first-order valence-electron chi connectivity index (χ1n) is 8.36. The molecule has 2 aromatic carbocycles. The van der Waals surface area contributed by atoms with Gasteiger partial charge >= 0.3 is 0 Å². The van der Waals surface area contributed by atoms with Gasteiger partial charge in [0.1, 0.15) is 0 Å². The minimum atomic E-state index is -0.230. The first-order chi connectivity index (χ1) is 11.9. The molecule has 0 fully saturated rings. The summed E-state index contributed by atoms with van der Waals surface area (Å²) < 4.78 is 0. The Bertz CT molecular complexity index is 979. The average Bonchev–Trinajstić information content (AvgIpc) is 2.80. The third kappa shape index (κ3) is 2.19. The van der Waals surface area contributed by atoms with E-state index in [2.05, 4.69) is 30.9 Å². The molecule has 0 N–H and O–H groups in total. The minimum Gasteiger partial charge on any atom is -0.347 e. The van der Waals surface area contributed by atoms with Crippen LogP contribution in [0.5, 0.6) is 0 Å². The van der Waals surface area contributed by atoms with Crippen molar-refractivity contribution in [2.24, 2.45) is 0 Å². The summed E-state index contributed by atoms with van der Waals surface area (Å²) in [7, 11) is 2.00. The van der Waals surface area contributed by atoms with Crippen LogP contribution in [0.4, 0.5) is 5.69 Å². The van der Waals surface area contributed by atoms with Gasteiger partial charge in [0.2, 0.25) is 0 Å². The maximum Gasteiger partial charge on any atom is 0.193 e. The van der Waals surface area contributed by atoms with Crippen molar-refractivity contribution < 1.29 is 9.59 Å². The summed E-state index contributed by atoms with van der Waals surface area (Å²) >= 11 is 0. The number of anilines is 1. The van der Waals surface area contributed by atoms with Crippen molar-refractivity contribution in [1.29, 1.82) is 0 Å². The van der Waals surface area contributed by atoms with Crippen molar-refractivity contribution in [1.82, 2.24) is 0 Å². The van der Waals surface area contributed by atoms with Crippen LogP contribution in [0, 0.1) is 0 Å². The van der Waals surface area contributed by atoms with Crippen LogP contribution in [0.3, 0.4) is 0 Å². The molecule has 0 amide bonds. The smallest absolute Gasteiger partial charge is 0.193 e. The Morgan fingerprint density at radius 3 is 2.28 bits per heavy atom. The predicted molar refractivity (Wildman–Crippen MR) is 99.1 cm³/mol. The highest BCUT2D eigenvalue weighted by Gasteiger charge is 2.39. The lowest BCUT2D eigenvalue weighted by atomic mass is 9.82. The van der Waals surface area contributed by atoms with Gasteiger partial charge in [-0.3, -0.25) is 9.59 Å². The van der Waals surface area contributed by atoms with Gasteiger partial charge in [-0.1, -0.05) is 56.3 Å². The Hall–Kier alpha value is -2.94. The van der Waals surface area contributed by atoms with Crippen LogP contribution < -0.4 is 4.90 Å². The number of Topliss-reactive ketones (excluding diaryl/α,β-unsaturated/α-hetero) is 1. The highest BCUT2D eigenvalue weighted by Crippen LogP contribution is 2.47. The molecule has 3 nitrogen and oxygen atoms in total. The summed E-state index contributed by atoms with van der Waals surface area (Å²) in [6.07, 6.45) is 3.33. The van der Waals surface area contributed by atoms with Crippen molar-refractivity contribution in [3.05, 3.63) is 88.6 Å². The number of carbonyl (C=O) groups excluding carboxylic acids is 2. The lowest BCUT2D eigenvalue weighted by molar-refractivity contribution is 0.0987. The highest BCUT2D eigenvalue weighted by molar-refractivity contribution is 6.25. The second kappa shape index (κ2) is 5.28. The molecule has 0 spiro atoms. The molecule has 1 aliphatic heterocycles. The Kier molecular flexibility index (Phi) is 3.29. The van der Waals surface area contributed by atoms with Gasteiger partial charge in [0.15, 0.2) is 11.6 Å². The van der Waals surface area contributed by atoms with E-state index in [1.54, 1.807) is 24.3 Å². The number of rotatable bonds is 1. The molecule has 0 saturated heterocycles. The Morgan fingerprint density at radius 2 is 1.56 bits per heavy atom. The molecule has 0 atom stereocenters. The number of allylic oxidation sites excluding steroid dienone is 4. The third-order valence-corrected chi connectivity index (χ3v) is 5.22. The minimum absolute atomic E-state index is 0.0946. The number of hydrogen-bond donors (Lipinski definition) is 0. The monoisotopic (exact) mass is 329 g/mol. The van der Waals surface area contributed by atoms with Crippen LogP contribution in [0.2, 0.25) is 0 Å². The fraction of sp³-hybridized carbons (Fsp3) is 0.182. The van der Waals surface area contributed by atoms with Gasteiger partial charge in [-0.25, -0.2) is 0 Å². The molecule has 124 valence electrons. The molecule has 25 heavy (non-hydrogen) atoms. The predicted octanol–water partition coefficient (Wildman–Crippen LogP) is 4.30. The van der Waals surface area contributed by atoms with E-state index in [9.17, 15) is 9.59 Å². The molecule has 1 heterocycles. The first kappa shape index (κ1) is 15.6. The molecular weight excluding hydrogens is 310 g/mol. The van der Waals surface area contributed by atoms with Crippen molar-refractivity contribution in [2.75, 3.05) is 11.9 Å². The fourth-order valence-electron chi connectivity index (χ4n) is 3.85. The SMILES string of the molecule is CN1/C(=C\C2=CC(=O)c3ccccc3C2=O)C(C)(C)c2ccccc21. The largest absolute Gasteiger partial charge is 0.347 e. The van der Waals surface area contributed by atoms with Gasteiger partial charge in [-0.2, -0.15) is 0 Å². The van der Waals surface area contributed by atoms with Gasteiger partial charge in [0.05, 0.1) is 0 Å². The summed E-state index contributed by atoms with van der Waals surface area (Å²) in [6, 6.07) is 15.2. The zero-order valence-electron chi connectivity index (χ0n) is 14.5. The Morgan fingerprint density at radius 1 is 0.920 bits per heavy atom. The van der Waals surface area contributed by atoms with Crippen molar-refractivity contribution in [3.63, 3.8) is 0 Å². The normalized spacial score (nSPS) is 19.7. The topological polar surface area (TPSA) is 37.4 Å². The van der Waals surface area contributed by atoms with E-state index in [0.717, 1.165) is 11.4 Å². The second-order valence-corrected chi connectivity index (χ2v) is 7.07. The van der Waals surface area contributed by atoms with E-state index in [0.29, 0.717) is 16.7 Å². The molecule has 0 unspecified atom stereocenters. The highest BCUT2D eigenvalue weighted by atomic mass is 16.1. The number of carbonyl (C=O) groups is 2. The van der Waals surface area contributed by atoms with E-state index >= 15 is 0 Å². The number of nitrogens with zero attached hydrogens (tertiary/aromatic N) is 1. The van der Waals surface area contributed by atoms with Crippen LogP contribution in [0.15, 0.2) is 72.0 Å². The van der Waals surface area contributed by atoms with Gasteiger partial charge < -0.3 is 4.90 Å². The fourth-order valence-corrected chi connectivity index (χ4v) is 3.85. The van der Waals surface area contributed by atoms with Gasteiger partial charge in [-0.15, -0.1) is 0 Å². The average molecular weight is 329 g/mol. The zero-order valence-corrected chi connectivity index (χ0v) is 14.5. The summed E-state index contributed by atoms with van der Waals surface area (Å²) in [6.45, 7) is 4.29. The lowest BCUT2D eigenvalue weighted by Crippen LogP contribution is -2.24. The number of benzene rings is 2.